The maximum absolute atomic E-state index is 14.8. The van der Waals surface area contributed by atoms with Crippen LogP contribution in [-0.2, 0) is 28.7 Å². The number of carbonyl (C=O) groups is 4. The first-order valence-corrected chi connectivity index (χ1v) is 17.1. The number of nitrogens with one attached hydrogen (secondary N) is 1. The zero-order chi connectivity index (χ0) is 33.3. The predicted molar refractivity (Wildman–Crippen MR) is 178 cm³/mol. The number of fused-ring (bicyclic) bond motifs is 2. The second kappa shape index (κ2) is 13.9. The summed E-state index contributed by atoms with van der Waals surface area (Å²) < 4.78 is 13.4. The molecule has 2 N–H and O–H groups in total. The Bertz CT molecular complexity index is 1590. The minimum absolute atomic E-state index is 0.0640. The fourth-order valence-corrected chi connectivity index (χ4v) is 8.07. The molecule has 248 valence electrons. The number of aliphatic hydroxyl groups is 1. The molecule has 2 aromatic rings. The van der Waals surface area contributed by atoms with Crippen molar-refractivity contribution in [3.05, 3.63) is 87.9 Å². The number of aliphatic hydroxyl groups excluding tert-OH is 1. The van der Waals surface area contributed by atoms with E-state index in [2.05, 4.69) is 21.2 Å². The lowest BCUT2D eigenvalue weighted by atomic mass is 9.74. The molecule has 6 rings (SSSR count). The SMILES string of the molecule is C[C@H]1NC(=O)CC/C=C\CN(c2ccc(Cl)cc2)C(=O)[C@@H]2N(CCCCO)C(=O)[C@H]3[C@H](C(=O)O[C@@H]1c1ccccc1)[C@H]1O[C@@]23C=C1Br. The van der Waals surface area contributed by atoms with E-state index >= 15 is 0 Å². The lowest BCUT2D eigenvalue weighted by Gasteiger charge is -2.36. The third-order valence-corrected chi connectivity index (χ3v) is 10.3. The van der Waals surface area contributed by atoms with Gasteiger partial charge in [-0.1, -0.05) is 70.0 Å². The van der Waals surface area contributed by atoms with E-state index in [1.165, 1.54) is 4.90 Å². The predicted octanol–water partition coefficient (Wildman–Crippen LogP) is 4.46. The monoisotopic (exact) mass is 725 g/mol. The second-order valence-electron chi connectivity index (χ2n) is 12.3. The van der Waals surface area contributed by atoms with Gasteiger partial charge in [0.2, 0.25) is 11.8 Å². The third-order valence-electron chi connectivity index (χ3n) is 9.35. The molecule has 4 heterocycles. The minimum atomic E-state index is -1.44. The highest BCUT2D eigenvalue weighted by Gasteiger charge is 2.75. The molecule has 2 aromatic carbocycles. The van der Waals surface area contributed by atoms with Crippen LogP contribution >= 0.6 is 27.5 Å². The van der Waals surface area contributed by atoms with Crippen LogP contribution in [0.5, 0.6) is 0 Å². The quantitative estimate of drug-likeness (QED) is 0.256. The molecule has 1 spiro atoms. The lowest BCUT2D eigenvalue weighted by Crippen LogP contribution is -2.56. The van der Waals surface area contributed by atoms with Crippen molar-refractivity contribution in [2.24, 2.45) is 11.8 Å². The number of nitrogens with zero attached hydrogens (tertiary/aromatic N) is 2. The van der Waals surface area contributed by atoms with Crippen LogP contribution in [0.15, 0.2) is 77.3 Å². The molecule has 4 aliphatic rings. The van der Waals surface area contributed by atoms with Crippen molar-refractivity contribution in [3.8, 4) is 0 Å². The lowest BCUT2D eigenvalue weighted by molar-refractivity contribution is -0.161. The number of likely N-dealkylation sites (tertiary alicyclic amines) is 1. The molecule has 10 nitrogen and oxygen atoms in total. The fourth-order valence-electron chi connectivity index (χ4n) is 7.21. The van der Waals surface area contributed by atoms with Crippen molar-refractivity contribution in [2.75, 3.05) is 24.6 Å². The van der Waals surface area contributed by atoms with E-state index in [0.29, 0.717) is 40.0 Å². The largest absolute Gasteiger partial charge is 0.455 e. The highest BCUT2D eigenvalue weighted by Crippen LogP contribution is 2.59. The number of rotatable bonds is 6. The van der Waals surface area contributed by atoms with E-state index in [-0.39, 0.29) is 43.8 Å². The van der Waals surface area contributed by atoms with Gasteiger partial charge in [-0.15, -0.1) is 0 Å². The molecular weight excluding hydrogens is 690 g/mol. The van der Waals surface area contributed by atoms with E-state index < -0.39 is 47.7 Å². The van der Waals surface area contributed by atoms with Gasteiger partial charge < -0.3 is 29.7 Å². The molecule has 7 atom stereocenters. The van der Waals surface area contributed by atoms with Gasteiger partial charge in [0.1, 0.15) is 29.8 Å². The van der Waals surface area contributed by atoms with Crippen molar-refractivity contribution in [2.45, 2.75) is 62.5 Å². The molecular formula is C35H37BrClN3O7. The summed E-state index contributed by atoms with van der Waals surface area (Å²) >= 11 is 9.77. The van der Waals surface area contributed by atoms with E-state index in [9.17, 15) is 24.3 Å². The molecule has 2 fully saturated rings. The first kappa shape index (κ1) is 33.4. The highest BCUT2D eigenvalue weighted by atomic mass is 79.9. The topological polar surface area (TPSA) is 125 Å². The van der Waals surface area contributed by atoms with Crippen LogP contribution in [0.4, 0.5) is 5.69 Å². The third kappa shape index (κ3) is 6.26. The van der Waals surface area contributed by atoms with Crippen molar-refractivity contribution >= 4 is 56.9 Å². The van der Waals surface area contributed by atoms with Gasteiger partial charge >= 0.3 is 5.97 Å². The van der Waals surface area contributed by atoms with Gasteiger partial charge in [0.15, 0.2) is 0 Å². The van der Waals surface area contributed by atoms with Gasteiger partial charge in [-0.25, -0.2) is 0 Å². The maximum atomic E-state index is 14.8. The van der Waals surface area contributed by atoms with Crippen LogP contribution in [0.1, 0.15) is 44.3 Å². The Morgan fingerprint density at radius 2 is 1.74 bits per heavy atom. The fraction of sp³-hybridized carbons (Fsp3) is 0.429. The van der Waals surface area contributed by atoms with Crippen LogP contribution in [0, 0.1) is 11.8 Å². The van der Waals surface area contributed by atoms with E-state index in [4.69, 9.17) is 21.1 Å². The van der Waals surface area contributed by atoms with E-state index in [1.54, 1.807) is 42.2 Å². The molecule has 3 amide bonds. The number of esters is 1. The number of allylic oxidation sites excluding steroid dienone is 1. The minimum Gasteiger partial charge on any atom is -0.455 e. The molecule has 0 aromatic heterocycles. The molecule has 2 saturated heterocycles. The van der Waals surface area contributed by atoms with Crippen LogP contribution in [0.3, 0.4) is 0 Å². The first-order valence-electron chi connectivity index (χ1n) is 15.9. The van der Waals surface area contributed by atoms with Crippen molar-refractivity contribution in [1.29, 1.82) is 0 Å². The number of benzene rings is 2. The molecule has 0 saturated carbocycles. The van der Waals surface area contributed by atoms with Crippen molar-refractivity contribution in [1.82, 2.24) is 10.2 Å². The summed E-state index contributed by atoms with van der Waals surface area (Å²) in [6, 6.07) is 14.3. The van der Waals surface area contributed by atoms with Crippen LogP contribution in [-0.4, -0.2) is 77.2 Å². The van der Waals surface area contributed by atoms with Gasteiger partial charge in [0.25, 0.3) is 5.91 Å². The van der Waals surface area contributed by atoms with Crippen molar-refractivity contribution < 1.29 is 33.8 Å². The number of anilines is 1. The zero-order valence-corrected chi connectivity index (χ0v) is 28.2. The second-order valence-corrected chi connectivity index (χ2v) is 13.7. The van der Waals surface area contributed by atoms with Crippen molar-refractivity contribution in [3.63, 3.8) is 0 Å². The van der Waals surface area contributed by atoms with Gasteiger partial charge in [0, 0.05) is 41.3 Å². The van der Waals surface area contributed by atoms with Gasteiger partial charge in [-0.05, 0) is 62.1 Å². The number of hydrogen-bond acceptors (Lipinski definition) is 7. The average molecular weight is 727 g/mol. The molecule has 5 bridgehead atoms. The zero-order valence-electron chi connectivity index (χ0n) is 25.9. The van der Waals surface area contributed by atoms with Gasteiger partial charge in [-0.3, -0.25) is 19.2 Å². The van der Waals surface area contributed by atoms with Gasteiger partial charge in [-0.2, -0.15) is 0 Å². The first-order chi connectivity index (χ1) is 22.7. The Hall–Kier alpha value is -3.51. The van der Waals surface area contributed by atoms with Crippen LogP contribution < -0.4 is 10.2 Å². The normalized spacial score (nSPS) is 31.8. The Morgan fingerprint density at radius 1 is 1.00 bits per heavy atom. The summed E-state index contributed by atoms with van der Waals surface area (Å²) in [5.74, 6) is -3.71. The molecule has 4 aliphatic heterocycles. The van der Waals surface area contributed by atoms with E-state index in [0.717, 1.165) is 0 Å². The number of cyclic esters (lactones) is 1. The van der Waals surface area contributed by atoms with Crippen LogP contribution in [0.25, 0.3) is 0 Å². The molecule has 12 heteroatoms. The number of unbranched alkanes of at least 4 members (excludes halogenated alkanes) is 1. The maximum Gasteiger partial charge on any atom is 0.313 e. The van der Waals surface area contributed by atoms with E-state index in [1.807, 2.05) is 42.5 Å². The molecule has 0 aliphatic carbocycles. The Labute approximate surface area is 286 Å². The standard InChI is InChI=1S/C35H37BrClN3O7/c1-21-29(22-10-4-2-5-11-22)46-34(45)27-28-32(43)40(18-8-9-19-41)31(35(28)20-25(36)30(27)47-35)33(44)39(24-15-13-23(37)14-16-24)17-7-3-6-12-26(42)38-21/h2-5,7,10-11,13-16,20-21,27-31,41H,6,8-9,12,17-19H2,1H3,(H,38,42)/b7-3-/t21-,27+,28-,29+,30+,31+,35-/m1/s1. The Balaban J connectivity index is 1.46. The molecule has 47 heavy (non-hydrogen) atoms. The number of hydrogen-bond donors (Lipinski definition) is 2. The number of amides is 3. The number of halogens is 2. The summed E-state index contributed by atoms with van der Waals surface area (Å²) in [4.78, 5) is 59.6. The molecule has 0 unspecified atom stereocenters. The number of carbonyl (C=O) groups excluding carboxylic acids is 4. The highest BCUT2D eigenvalue weighted by molar-refractivity contribution is 9.11. The summed E-state index contributed by atoms with van der Waals surface area (Å²) in [5.41, 5.74) is -0.186. The summed E-state index contributed by atoms with van der Waals surface area (Å²) in [6.45, 7) is 2.06. The summed E-state index contributed by atoms with van der Waals surface area (Å²) in [6.07, 6.45) is 5.25. The van der Waals surface area contributed by atoms with Gasteiger partial charge in [0.05, 0.1) is 12.0 Å². The summed E-state index contributed by atoms with van der Waals surface area (Å²) in [5, 5.41) is 13.0. The molecule has 0 radical (unpaired) electrons. The number of ether oxygens (including phenoxy) is 2. The average Bonchev–Trinajstić information content (AvgIpc) is 3.65. The Kier molecular flexibility index (Phi) is 9.89. The van der Waals surface area contributed by atoms with Crippen LogP contribution in [0.2, 0.25) is 5.02 Å². The smallest absolute Gasteiger partial charge is 0.313 e. The Morgan fingerprint density at radius 3 is 2.47 bits per heavy atom. The summed E-state index contributed by atoms with van der Waals surface area (Å²) in [7, 11) is 0.